The highest BCUT2D eigenvalue weighted by molar-refractivity contribution is 6.51. The van der Waals surface area contributed by atoms with E-state index >= 15 is 0 Å². The second-order valence-corrected chi connectivity index (χ2v) is 7.81. The zero-order valence-electron chi connectivity index (χ0n) is 17.5. The predicted octanol–water partition coefficient (Wildman–Crippen LogP) is 4.05. The molecule has 2 aliphatic heterocycles. The first-order valence-corrected chi connectivity index (χ1v) is 10.1. The summed E-state index contributed by atoms with van der Waals surface area (Å²) in [6, 6.07) is 13.3. The number of fused-ring (bicyclic) bond motifs is 1. The number of aliphatic hydroxyl groups is 1. The van der Waals surface area contributed by atoms with Gasteiger partial charge in [0.05, 0.1) is 11.6 Å². The number of Topliss-reactive ketones (excluding diaryl/α,β-unsaturated/α-hetero) is 1. The number of benzene rings is 2. The van der Waals surface area contributed by atoms with E-state index in [0.717, 1.165) is 11.1 Å². The van der Waals surface area contributed by atoms with Crippen molar-refractivity contribution in [2.75, 3.05) is 11.7 Å². The number of anilines is 1. The molecule has 7 heteroatoms. The van der Waals surface area contributed by atoms with Crippen LogP contribution in [0.4, 0.5) is 5.69 Å². The third-order valence-corrected chi connectivity index (χ3v) is 5.75. The number of carbonyl (C=O) groups excluding carboxylic acids is 2. The lowest BCUT2D eigenvalue weighted by Crippen LogP contribution is -2.29. The van der Waals surface area contributed by atoms with Crippen LogP contribution in [0, 0.1) is 13.8 Å². The number of rotatable bonds is 3. The van der Waals surface area contributed by atoms with Crippen LogP contribution in [0.25, 0.3) is 5.76 Å². The number of ether oxygens (including phenoxy) is 2. The molecule has 2 aliphatic rings. The summed E-state index contributed by atoms with van der Waals surface area (Å²) in [5.41, 5.74) is 3.42. The first-order valence-electron chi connectivity index (χ1n) is 10.1. The Hall–Kier alpha value is -4.13. The molecule has 1 saturated heterocycles. The van der Waals surface area contributed by atoms with Crippen molar-refractivity contribution in [1.29, 1.82) is 0 Å². The minimum Gasteiger partial charge on any atom is -0.507 e. The van der Waals surface area contributed by atoms with Crippen molar-refractivity contribution >= 4 is 23.1 Å². The van der Waals surface area contributed by atoms with Gasteiger partial charge >= 0.3 is 0 Å². The lowest BCUT2D eigenvalue weighted by molar-refractivity contribution is -0.132. The van der Waals surface area contributed by atoms with E-state index in [-0.39, 0.29) is 18.1 Å². The molecular formula is C25H20N2O5. The number of aliphatic hydroxyl groups excluding tert-OH is 1. The fourth-order valence-corrected chi connectivity index (χ4v) is 4.13. The molecule has 1 amide bonds. The van der Waals surface area contributed by atoms with Crippen molar-refractivity contribution in [2.24, 2.45) is 0 Å². The molecule has 1 unspecified atom stereocenters. The molecule has 0 radical (unpaired) electrons. The summed E-state index contributed by atoms with van der Waals surface area (Å²) in [6.07, 6.45) is 3.18. The number of ketones is 1. The second kappa shape index (κ2) is 7.53. The summed E-state index contributed by atoms with van der Waals surface area (Å²) in [5.74, 6) is -0.608. The van der Waals surface area contributed by atoms with E-state index in [1.54, 1.807) is 42.7 Å². The van der Waals surface area contributed by atoms with E-state index < -0.39 is 17.7 Å². The van der Waals surface area contributed by atoms with Crippen LogP contribution in [0.2, 0.25) is 0 Å². The van der Waals surface area contributed by atoms with Crippen molar-refractivity contribution in [3.63, 3.8) is 0 Å². The molecule has 160 valence electrons. The highest BCUT2D eigenvalue weighted by Crippen LogP contribution is 2.45. The standard InChI is InChI=1S/C25H20N2O5/c1-14-3-4-15(2)18(11-14)23(28)21-22(16-7-9-26-10-8-16)27(25(30)24(21)29)17-5-6-19-20(12-17)32-13-31-19/h3-12,22,28H,13H2,1-2H3/b23-21+. The van der Waals surface area contributed by atoms with Crippen LogP contribution in [-0.4, -0.2) is 28.6 Å². The van der Waals surface area contributed by atoms with Gasteiger partial charge < -0.3 is 14.6 Å². The van der Waals surface area contributed by atoms with E-state index in [1.165, 1.54) is 4.90 Å². The number of aromatic nitrogens is 1. The van der Waals surface area contributed by atoms with E-state index in [4.69, 9.17) is 9.47 Å². The Labute approximate surface area is 184 Å². The first kappa shape index (κ1) is 19.8. The molecule has 32 heavy (non-hydrogen) atoms. The second-order valence-electron chi connectivity index (χ2n) is 7.81. The van der Waals surface area contributed by atoms with Gasteiger partial charge in [0.25, 0.3) is 11.7 Å². The Morgan fingerprint density at radius 2 is 1.75 bits per heavy atom. The fraction of sp³-hybridized carbons (Fsp3) is 0.160. The Morgan fingerprint density at radius 1 is 1.00 bits per heavy atom. The molecule has 0 spiro atoms. The monoisotopic (exact) mass is 428 g/mol. The minimum absolute atomic E-state index is 0.0348. The normalized spacial score (nSPS) is 18.9. The Balaban J connectivity index is 1.73. The molecular weight excluding hydrogens is 408 g/mol. The lowest BCUT2D eigenvalue weighted by atomic mass is 9.93. The average Bonchev–Trinajstić information content (AvgIpc) is 3.37. The van der Waals surface area contributed by atoms with Crippen LogP contribution in [0.1, 0.15) is 28.3 Å². The van der Waals surface area contributed by atoms with Gasteiger partial charge in [-0.1, -0.05) is 17.7 Å². The van der Waals surface area contributed by atoms with Gasteiger partial charge in [-0.2, -0.15) is 0 Å². The fourth-order valence-electron chi connectivity index (χ4n) is 4.13. The lowest BCUT2D eigenvalue weighted by Gasteiger charge is -2.25. The summed E-state index contributed by atoms with van der Waals surface area (Å²) >= 11 is 0. The first-order chi connectivity index (χ1) is 15.5. The van der Waals surface area contributed by atoms with Crippen molar-refractivity contribution in [3.8, 4) is 11.5 Å². The van der Waals surface area contributed by atoms with Crippen LogP contribution in [0.3, 0.4) is 0 Å². The molecule has 1 aromatic heterocycles. The van der Waals surface area contributed by atoms with Gasteiger partial charge in [0.1, 0.15) is 5.76 Å². The number of hydrogen-bond donors (Lipinski definition) is 1. The predicted molar refractivity (Wildman–Crippen MR) is 118 cm³/mol. The Kier molecular flexibility index (Phi) is 4.66. The number of aryl methyl sites for hydroxylation is 2. The van der Waals surface area contributed by atoms with Gasteiger partial charge in [-0.15, -0.1) is 0 Å². The SMILES string of the molecule is Cc1ccc(C)c(/C(O)=C2\C(=O)C(=O)N(c3ccc4c(c3)OCO4)C2c2ccncc2)c1. The van der Waals surface area contributed by atoms with Crippen LogP contribution in [-0.2, 0) is 9.59 Å². The van der Waals surface area contributed by atoms with Gasteiger partial charge in [0.15, 0.2) is 11.5 Å². The van der Waals surface area contributed by atoms with Crippen molar-refractivity contribution < 1.29 is 24.2 Å². The van der Waals surface area contributed by atoms with Crippen LogP contribution >= 0.6 is 0 Å². The number of hydrogen-bond acceptors (Lipinski definition) is 6. The van der Waals surface area contributed by atoms with E-state index in [9.17, 15) is 14.7 Å². The number of pyridine rings is 1. The molecule has 0 aliphatic carbocycles. The molecule has 0 bridgehead atoms. The molecule has 1 fully saturated rings. The highest BCUT2D eigenvalue weighted by Gasteiger charge is 2.47. The van der Waals surface area contributed by atoms with Gasteiger partial charge in [-0.05, 0) is 55.3 Å². The zero-order chi connectivity index (χ0) is 22.4. The molecule has 1 N–H and O–H groups in total. The average molecular weight is 428 g/mol. The van der Waals surface area contributed by atoms with E-state index in [0.29, 0.717) is 28.3 Å². The maximum atomic E-state index is 13.2. The van der Waals surface area contributed by atoms with E-state index in [2.05, 4.69) is 4.98 Å². The van der Waals surface area contributed by atoms with Crippen LogP contribution < -0.4 is 14.4 Å². The zero-order valence-corrected chi connectivity index (χ0v) is 17.5. The molecule has 2 aromatic carbocycles. The van der Waals surface area contributed by atoms with Crippen LogP contribution in [0.15, 0.2) is 66.5 Å². The molecule has 5 rings (SSSR count). The molecule has 3 aromatic rings. The summed E-state index contributed by atoms with van der Waals surface area (Å²) in [6.45, 7) is 3.85. The van der Waals surface area contributed by atoms with E-state index in [1.807, 2.05) is 32.0 Å². The van der Waals surface area contributed by atoms with Gasteiger partial charge in [-0.3, -0.25) is 19.5 Å². The molecule has 3 heterocycles. The highest BCUT2D eigenvalue weighted by atomic mass is 16.7. The van der Waals surface area contributed by atoms with Crippen LogP contribution in [0.5, 0.6) is 11.5 Å². The molecule has 1 atom stereocenters. The summed E-state index contributed by atoms with van der Waals surface area (Å²) in [7, 11) is 0. The van der Waals surface area contributed by atoms with Gasteiger partial charge in [0.2, 0.25) is 6.79 Å². The van der Waals surface area contributed by atoms with Crippen molar-refractivity contribution in [2.45, 2.75) is 19.9 Å². The number of carbonyl (C=O) groups is 2. The number of nitrogens with zero attached hydrogens (tertiary/aromatic N) is 2. The van der Waals surface area contributed by atoms with Crippen molar-refractivity contribution in [3.05, 3.63) is 88.8 Å². The summed E-state index contributed by atoms with van der Waals surface area (Å²) < 4.78 is 10.8. The smallest absolute Gasteiger partial charge is 0.300 e. The maximum absolute atomic E-state index is 13.2. The topological polar surface area (TPSA) is 89.0 Å². The number of amides is 1. The molecule has 0 saturated carbocycles. The van der Waals surface area contributed by atoms with Gasteiger partial charge in [-0.25, -0.2) is 0 Å². The molecule has 7 nitrogen and oxygen atoms in total. The third-order valence-electron chi connectivity index (χ3n) is 5.75. The Bertz CT molecular complexity index is 1280. The minimum atomic E-state index is -0.821. The Morgan fingerprint density at radius 3 is 2.53 bits per heavy atom. The third kappa shape index (κ3) is 3.10. The summed E-state index contributed by atoms with van der Waals surface area (Å²) in [5, 5.41) is 11.3. The quantitative estimate of drug-likeness (QED) is 0.385. The largest absolute Gasteiger partial charge is 0.507 e. The maximum Gasteiger partial charge on any atom is 0.300 e. The van der Waals surface area contributed by atoms with Gasteiger partial charge in [0, 0.05) is 29.7 Å². The summed E-state index contributed by atoms with van der Waals surface area (Å²) in [4.78, 5) is 31.9. The van der Waals surface area contributed by atoms with Crippen molar-refractivity contribution in [1.82, 2.24) is 4.98 Å².